The number of non-ortho nitro benzene ring substituents is 1. The average Bonchev–Trinajstić information content (AvgIpc) is 3.05. The summed E-state index contributed by atoms with van der Waals surface area (Å²) < 4.78 is 2.03. The summed E-state index contributed by atoms with van der Waals surface area (Å²) in [6.07, 6.45) is 0. The molecule has 0 aliphatic carbocycles. The Morgan fingerprint density at radius 2 is 1.79 bits per heavy atom. The molecule has 0 bridgehead atoms. The molecule has 7 nitrogen and oxygen atoms in total. The number of aromatic nitrogens is 3. The van der Waals surface area contributed by atoms with E-state index in [0.717, 1.165) is 22.3 Å². The number of anilines is 1. The van der Waals surface area contributed by atoms with Crippen LogP contribution in [0.5, 0.6) is 0 Å². The molecule has 1 aliphatic rings. The first-order chi connectivity index (χ1) is 11.7. The number of benzene rings is 2. The lowest BCUT2D eigenvalue weighted by Crippen LogP contribution is -2.30. The van der Waals surface area contributed by atoms with Gasteiger partial charge in [-0.2, -0.15) is 0 Å². The van der Waals surface area contributed by atoms with Crippen molar-refractivity contribution in [2.45, 2.75) is 11.8 Å². The number of para-hydroxylation sites is 1. The van der Waals surface area contributed by atoms with Crippen LogP contribution in [0.4, 0.5) is 11.4 Å². The van der Waals surface area contributed by atoms with Gasteiger partial charge in [0.15, 0.2) is 11.0 Å². The third kappa shape index (κ3) is 2.61. The van der Waals surface area contributed by atoms with E-state index in [4.69, 9.17) is 0 Å². The molecular formula is C16H13N5O2S. The predicted octanol–water partition coefficient (Wildman–Crippen LogP) is 3.38. The molecule has 120 valence electrons. The maximum atomic E-state index is 10.8. The summed E-state index contributed by atoms with van der Waals surface area (Å²) in [5.41, 5.74) is 2.02. The summed E-state index contributed by atoms with van der Waals surface area (Å²) in [5, 5.41) is 20.2. The molecule has 0 spiro atoms. The lowest BCUT2D eigenvalue weighted by atomic mass is 10.2. The van der Waals surface area contributed by atoms with Gasteiger partial charge in [0.25, 0.3) is 5.69 Å². The number of nitrogens with zero attached hydrogens (tertiary/aromatic N) is 5. The van der Waals surface area contributed by atoms with Crippen molar-refractivity contribution in [2.75, 3.05) is 10.8 Å². The molecule has 0 saturated heterocycles. The van der Waals surface area contributed by atoms with Gasteiger partial charge in [0.1, 0.15) is 0 Å². The van der Waals surface area contributed by atoms with Crippen molar-refractivity contribution >= 4 is 23.1 Å². The first-order valence-corrected chi connectivity index (χ1v) is 8.32. The zero-order valence-electron chi connectivity index (χ0n) is 12.6. The van der Waals surface area contributed by atoms with Gasteiger partial charge in [0.2, 0.25) is 0 Å². The minimum absolute atomic E-state index is 0.0671. The van der Waals surface area contributed by atoms with Gasteiger partial charge in [-0.3, -0.25) is 14.7 Å². The standard InChI is InChI=1S/C16H13N5O2S/c22-21(23)14-8-6-12(7-9-14)15-17-18-16-20(15)10-19(11-24-16)13-4-2-1-3-5-13/h1-9H,10-11H2. The Bertz CT molecular complexity index is 879. The van der Waals surface area contributed by atoms with Crippen LogP contribution in [-0.4, -0.2) is 25.6 Å². The van der Waals surface area contributed by atoms with Crippen molar-refractivity contribution in [3.63, 3.8) is 0 Å². The Kier molecular flexibility index (Phi) is 3.66. The summed E-state index contributed by atoms with van der Waals surface area (Å²) >= 11 is 1.62. The smallest absolute Gasteiger partial charge is 0.269 e. The number of thioether (sulfide) groups is 1. The molecule has 4 rings (SSSR count). The first-order valence-electron chi connectivity index (χ1n) is 7.33. The molecule has 3 aromatic rings. The Labute approximate surface area is 142 Å². The van der Waals surface area contributed by atoms with Crippen LogP contribution in [0.3, 0.4) is 0 Å². The second kappa shape index (κ2) is 5.97. The molecule has 0 N–H and O–H groups in total. The van der Waals surface area contributed by atoms with E-state index in [1.54, 1.807) is 23.9 Å². The number of nitro groups is 1. The molecule has 0 atom stereocenters. The molecule has 2 aromatic carbocycles. The van der Waals surface area contributed by atoms with Crippen molar-refractivity contribution < 1.29 is 4.92 Å². The quantitative estimate of drug-likeness (QED) is 0.538. The van der Waals surface area contributed by atoms with E-state index >= 15 is 0 Å². The number of rotatable bonds is 3. The molecule has 1 aromatic heterocycles. The van der Waals surface area contributed by atoms with Crippen LogP contribution < -0.4 is 4.90 Å². The van der Waals surface area contributed by atoms with Gasteiger partial charge in [-0.1, -0.05) is 30.0 Å². The maximum absolute atomic E-state index is 10.8. The van der Waals surface area contributed by atoms with Crippen molar-refractivity contribution in [2.24, 2.45) is 0 Å². The van der Waals surface area contributed by atoms with E-state index in [1.807, 2.05) is 22.8 Å². The fourth-order valence-electron chi connectivity index (χ4n) is 2.61. The van der Waals surface area contributed by atoms with Gasteiger partial charge in [0.05, 0.1) is 17.5 Å². The normalized spacial score (nSPS) is 13.6. The molecule has 2 heterocycles. The van der Waals surface area contributed by atoms with Crippen molar-refractivity contribution in [3.05, 3.63) is 64.7 Å². The van der Waals surface area contributed by atoms with Crippen LogP contribution in [0, 0.1) is 10.1 Å². The predicted molar refractivity (Wildman–Crippen MR) is 91.8 cm³/mol. The Hall–Kier alpha value is -2.87. The van der Waals surface area contributed by atoms with E-state index in [2.05, 4.69) is 27.2 Å². The second-order valence-electron chi connectivity index (χ2n) is 5.33. The topological polar surface area (TPSA) is 77.1 Å². The minimum atomic E-state index is -0.407. The monoisotopic (exact) mass is 339 g/mol. The Balaban J connectivity index is 1.66. The summed E-state index contributed by atoms with van der Waals surface area (Å²) in [5.74, 6) is 1.52. The summed E-state index contributed by atoms with van der Waals surface area (Å²) in [6.45, 7) is 0.645. The molecule has 8 heteroatoms. The van der Waals surface area contributed by atoms with Crippen LogP contribution in [0.2, 0.25) is 0 Å². The fourth-order valence-corrected chi connectivity index (χ4v) is 3.51. The minimum Gasteiger partial charge on any atom is -0.344 e. The summed E-state index contributed by atoms with van der Waals surface area (Å²) in [6, 6.07) is 16.6. The van der Waals surface area contributed by atoms with Crippen LogP contribution in [0.25, 0.3) is 11.4 Å². The number of nitro benzene ring substituents is 1. The van der Waals surface area contributed by atoms with Gasteiger partial charge in [-0.25, -0.2) is 0 Å². The molecule has 0 unspecified atom stereocenters. The van der Waals surface area contributed by atoms with E-state index in [0.29, 0.717) is 12.5 Å². The lowest BCUT2D eigenvalue weighted by Gasteiger charge is -2.29. The zero-order valence-corrected chi connectivity index (χ0v) is 13.4. The van der Waals surface area contributed by atoms with Gasteiger partial charge in [0, 0.05) is 23.4 Å². The lowest BCUT2D eigenvalue weighted by molar-refractivity contribution is -0.384. The largest absolute Gasteiger partial charge is 0.344 e. The molecule has 0 amide bonds. The molecule has 24 heavy (non-hydrogen) atoms. The van der Waals surface area contributed by atoms with Crippen LogP contribution in [0.1, 0.15) is 0 Å². The van der Waals surface area contributed by atoms with Crippen LogP contribution >= 0.6 is 11.8 Å². The highest BCUT2D eigenvalue weighted by molar-refractivity contribution is 7.99. The van der Waals surface area contributed by atoms with Crippen molar-refractivity contribution in [1.82, 2.24) is 14.8 Å². The third-order valence-corrected chi connectivity index (χ3v) is 4.84. The van der Waals surface area contributed by atoms with Gasteiger partial charge in [-0.15, -0.1) is 10.2 Å². The maximum Gasteiger partial charge on any atom is 0.269 e. The van der Waals surface area contributed by atoms with E-state index in [9.17, 15) is 10.1 Å². The van der Waals surface area contributed by atoms with Crippen molar-refractivity contribution in [1.29, 1.82) is 0 Å². The zero-order chi connectivity index (χ0) is 16.5. The Morgan fingerprint density at radius 1 is 1.04 bits per heavy atom. The van der Waals surface area contributed by atoms with Crippen LogP contribution in [-0.2, 0) is 6.67 Å². The second-order valence-corrected chi connectivity index (χ2v) is 6.24. The molecule has 1 aliphatic heterocycles. The van der Waals surface area contributed by atoms with E-state index in [1.165, 1.54) is 12.1 Å². The van der Waals surface area contributed by atoms with Gasteiger partial charge in [-0.05, 0) is 24.3 Å². The summed E-state index contributed by atoms with van der Waals surface area (Å²) in [7, 11) is 0. The average molecular weight is 339 g/mol. The van der Waals surface area contributed by atoms with Gasteiger partial charge >= 0.3 is 0 Å². The van der Waals surface area contributed by atoms with Crippen LogP contribution in [0.15, 0.2) is 59.8 Å². The van der Waals surface area contributed by atoms with E-state index < -0.39 is 4.92 Å². The van der Waals surface area contributed by atoms with Gasteiger partial charge < -0.3 is 4.90 Å². The first kappa shape index (κ1) is 14.7. The van der Waals surface area contributed by atoms with E-state index in [-0.39, 0.29) is 5.69 Å². The Morgan fingerprint density at radius 3 is 2.50 bits per heavy atom. The van der Waals surface area contributed by atoms with Crippen molar-refractivity contribution in [3.8, 4) is 11.4 Å². The highest BCUT2D eigenvalue weighted by atomic mass is 32.2. The number of hydrogen-bond donors (Lipinski definition) is 0. The number of hydrogen-bond acceptors (Lipinski definition) is 6. The molecule has 0 fully saturated rings. The highest BCUT2D eigenvalue weighted by Gasteiger charge is 2.22. The SMILES string of the molecule is O=[N+]([O-])c1ccc(-c2nnc3n2CN(c2ccccc2)CS3)cc1. The molecule has 0 radical (unpaired) electrons. The number of fused-ring (bicyclic) bond motifs is 1. The summed E-state index contributed by atoms with van der Waals surface area (Å²) in [4.78, 5) is 12.6. The molecule has 0 saturated carbocycles. The molecular weight excluding hydrogens is 326 g/mol. The fraction of sp³-hybridized carbons (Fsp3) is 0.125. The highest BCUT2D eigenvalue weighted by Crippen LogP contribution is 2.31. The third-order valence-electron chi connectivity index (χ3n) is 3.84.